The molecule has 0 saturated heterocycles. The quantitative estimate of drug-likeness (QED) is 0.561. The van der Waals surface area contributed by atoms with Gasteiger partial charge in [-0.3, -0.25) is 4.79 Å². The summed E-state index contributed by atoms with van der Waals surface area (Å²) in [4.78, 5) is 13.1. The Balaban J connectivity index is 1.91. The van der Waals surface area contributed by atoms with E-state index in [1.165, 1.54) is 18.4 Å². The second-order valence-corrected chi connectivity index (χ2v) is 9.61. The molecule has 0 fully saturated rings. The molecule has 1 N–H and O–H groups in total. The number of sulfonamides is 1. The molecule has 0 saturated carbocycles. The minimum absolute atomic E-state index is 0.171. The summed E-state index contributed by atoms with van der Waals surface area (Å²) in [5, 5.41) is 3.69. The molecule has 0 radical (unpaired) electrons. The molecule has 1 amide bonds. The van der Waals surface area contributed by atoms with Gasteiger partial charge in [0.25, 0.3) is 5.91 Å². The fourth-order valence-corrected chi connectivity index (χ4v) is 4.31. The summed E-state index contributed by atoms with van der Waals surface area (Å²) in [5.41, 5.74) is 2.42. The SMILES string of the molecule is C=CCn1c(C(=O)NC[C@H](C)c2ccccc2)cc2cc(S(=O)(=O)N(C)C)ccc21. The van der Waals surface area contributed by atoms with Crippen LogP contribution < -0.4 is 5.32 Å². The lowest BCUT2D eigenvalue weighted by molar-refractivity contribution is 0.0943. The number of hydrogen-bond acceptors (Lipinski definition) is 3. The first kappa shape index (κ1) is 21.8. The number of fused-ring (bicyclic) bond motifs is 1. The van der Waals surface area contributed by atoms with Crippen molar-refractivity contribution in [3.05, 3.63) is 78.5 Å². The van der Waals surface area contributed by atoms with Gasteiger partial charge in [0.1, 0.15) is 5.69 Å². The van der Waals surface area contributed by atoms with Crippen molar-refractivity contribution >= 4 is 26.8 Å². The van der Waals surface area contributed by atoms with Crippen LogP contribution in [0.3, 0.4) is 0 Å². The van der Waals surface area contributed by atoms with Gasteiger partial charge in [-0.25, -0.2) is 12.7 Å². The first-order valence-electron chi connectivity index (χ1n) is 9.75. The lowest BCUT2D eigenvalue weighted by Crippen LogP contribution is -2.29. The van der Waals surface area contributed by atoms with Crippen LogP contribution in [0.4, 0.5) is 0 Å². The molecule has 158 valence electrons. The van der Waals surface area contributed by atoms with Gasteiger partial charge in [0.05, 0.1) is 4.90 Å². The molecular weight excluding hydrogens is 398 g/mol. The van der Waals surface area contributed by atoms with Gasteiger partial charge >= 0.3 is 0 Å². The molecular formula is C23H27N3O3S. The number of carbonyl (C=O) groups excluding carboxylic acids is 1. The number of aromatic nitrogens is 1. The van der Waals surface area contributed by atoms with E-state index in [0.717, 1.165) is 11.1 Å². The zero-order valence-corrected chi connectivity index (χ0v) is 18.3. The van der Waals surface area contributed by atoms with Gasteiger partial charge in [-0.2, -0.15) is 0 Å². The van der Waals surface area contributed by atoms with E-state index >= 15 is 0 Å². The molecule has 7 heteroatoms. The second-order valence-electron chi connectivity index (χ2n) is 7.46. The maximum atomic E-state index is 12.9. The fraction of sp³-hybridized carbons (Fsp3) is 0.261. The molecule has 0 spiro atoms. The van der Waals surface area contributed by atoms with E-state index in [2.05, 4.69) is 18.8 Å². The van der Waals surface area contributed by atoms with Crippen molar-refractivity contribution in [3.8, 4) is 0 Å². The van der Waals surface area contributed by atoms with Crippen molar-refractivity contribution in [2.24, 2.45) is 0 Å². The van der Waals surface area contributed by atoms with Crippen molar-refractivity contribution in [3.63, 3.8) is 0 Å². The Morgan fingerprint density at radius 2 is 1.87 bits per heavy atom. The molecule has 1 heterocycles. The van der Waals surface area contributed by atoms with Crippen molar-refractivity contribution in [1.82, 2.24) is 14.2 Å². The lowest BCUT2D eigenvalue weighted by Gasteiger charge is -2.14. The topological polar surface area (TPSA) is 71.4 Å². The third kappa shape index (κ3) is 4.32. The van der Waals surface area contributed by atoms with Gasteiger partial charge in [0.15, 0.2) is 0 Å². The van der Waals surface area contributed by atoms with Crippen LogP contribution in [-0.2, 0) is 16.6 Å². The Bertz CT molecular complexity index is 1170. The van der Waals surface area contributed by atoms with E-state index in [0.29, 0.717) is 24.2 Å². The summed E-state index contributed by atoms with van der Waals surface area (Å²) in [5.74, 6) is -0.0305. The van der Waals surface area contributed by atoms with Crippen LogP contribution >= 0.6 is 0 Å². The smallest absolute Gasteiger partial charge is 0.267 e. The first-order chi connectivity index (χ1) is 14.3. The van der Waals surface area contributed by atoms with Gasteiger partial charge < -0.3 is 9.88 Å². The average Bonchev–Trinajstić information content (AvgIpc) is 3.10. The second kappa shape index (κ2) is 8.85. The van der Waals surface area contributed by atoms with Crippen LogP contribution in [0.15, 0.2) is 72.1 Å². The number of amides is 1. The number of allylic oxidation sites excluding steroid dienone is 1. The Hall–Kier alpha value is -2.90. The molecule has 0 aliphatic rings. The zero-order chi connectivity index (χ0) is 21.9. The predicted octanol–water partition coefficient (Wildman–Crippen LogP) is 3.61. The van der Waals surface area contributed by atoms with E-state index in [9.17, 15) is 13.2 Å². The monoisotopic (exact) mass is 425 g/mol. The number of carbonyl (C=O) groups is 1. The van der Waals surface area contributed by atoms with Crippen LogP contribution in [0.5, 0.6) is 0 Å². The summed E-state index contributed by atoms with van der Waals surface area (Å²) < 4.78 is 27.9. The Morgan fingerprint density at radius 1 is 1.17 bits per heavy atom. The fourth-order valence-electron chi connectivity index (χ4n) is 3.37. The normalized spacial score (nSPS) is 12.8. The van der Waals surface area contributed by atoms with Crippen LogP contribution in [0.25, 0.3) is 10.9 Å². The number of nitrogens with zero attached hydrogens (tertiary/aromatic N) is 2. The van der Waals surface area contributed by atoms with Gasteiger partial charge in [0, 0.05) is 38.1 Å². The van der Waals surface area contributed by atoms with Crippen LogP contribution in [0, 0.1) is 0 Å². The number of benzene rings is 2. The maximum Gasteiger partial charge on any atom is 0.267 e. The third-order valence-corrected chi connectivity index (χ3v) is 6.94. The molecule has 3 rings (SSSR count). The summed E-state index contributed by atoms with van der Waals surface area (Å²) in [6.45, 7) is 6.79. The van der Waals surface area contributed by atoms with Crippen LogP contribution in [-0.4, -0.2) is 43.8 Å². The summed E-state index contributed by atoms with van der Waals surface area (Å²) in [7, 11) is -0.563. The van der Waals surface area contributed by atoms with Gasteiger partial charge in [-0.15, -0.1) is 6.58 Å². The first-order valence-corrected chi connectivity index (χ1v) is 11.2. The van der Waals surface area contributed by atoms with Gasteiger partial charge in [-0.05, 0) is 35.7 Å². The lowest BCUT2D eigenvalue weighted by atomic mass is 10.0. The average molecular weight is 426 g/mol. The summed E-state index contributed by atoms with van der Waals surface area (Å²) >= 11 is 0. The number of rotatable bonds is 8. The Morgan fingerprint density at radius 3 is 2.50 bits per heavy atom. The largest absolute Gasteiger partial charge is 0.350 e. The molecule has 0 bridgehead atoms. The molecule has 0 unspecified atom stereocenters. The highest BCUT2D eigenvalue weighted by Gasteiger charge is 2.21. The van der Waals surface area contributed by atoms with E-state index in [1.54, 1.807) is 30.3 Å². The molecule has 0 aliphatic heterocycles. The van der Waals surface area contributed by atoms with E-state index < -0.39 is 10.0 Å². The van der Waals surface area contributed by atoms with Gasteiger partial charge in [-0.1, -0.05) is 43.3 Å². The minimum Gasteiger partial charge on any atom is -0.350 e. The Labute approximate surface area is 177 Å². The van der Waals surface area contributed by atoms with Crippen molar-refractivity contribution in [2.75, 3.05) is 20.6 Å². The van der Waals surface area contributed by atoms with Crippen LogP contribution in [0.1, 0.15) is 28.9 Å². The van der Waals surface area contributed by atoms with E-state index in [1.807, 2.05) is 34.9 Å². The van der Waals surface area contributed by atoms with Crippen molar-refractivity contribution < 1.29 is 13.2 Å². The minimum atomic E-state index is -3.55. The number of nitrogens with one attached hydrogen (secondary N) is 1. The Kier molecular flexibility index (Phi) is 6.43. The molecule has 3 aromatic rings. The van der Waals surface area contributed by atoms with E-state index in [4.69, 9.17) is 0 Å². The zero-order valence-electron chi connectivity index (χ0n) is 17.5. The summed E-state index contributed by atoms with van der Waals surface area (Å²) in [6, 6.07) is 16.6. The molecule has 6 nitrogen and oxygen atoms in total. The molecule has 1 atom stereocenters. The van der Waals surface area contributed by atoms with Crippen molar-refractivity contribution in [2.45, 2.75) is 24.3 Å². The summed E-state index contributed by atoms with van der Waals surface area (Å²) in [6.07, 6.45) is 1.72. The molecule has 30 heavy (non-hydrogen) atoms. The highest BCUT2D eigenvalue weighted by atomic mass is 32.2. The molecule has 1 aromatic heterocycles. The highest BCUT2D eigenvalue weighted by molar-refractivity contribution is 7.89. The maximum absolute atomic E-state index is 12.9. The number of hydrogen-bond donors (Lipinski definition) is 1. The predicted molar refractivity (Wildman–Crippen MR) is 120 cm³/mol. The van der Waals surface area contributed by atoms with E-state index in [-0.39, 0.29) is 16.7 Å². The third-order valence-electron chi connectivity index (χ3n) is 5.13. The van der Waals surface area contributed by atoms with Gasteiger partial charge in [0.2, 0.25) is 10.0 Å². The highest BCUT2D eigenvalue weighted by Crippen LogP contribution is 2.25. The molecule has 2 aromatic carbocycles. The van der Waals surface area contributed by atoms with Crippen LogP contribution in [0.2, 0.25) is 0 Å². The van der Waals surface area contributed by atoms with Crippen molar-refractivity contribution in [1.29, 1.82) is 0 Å². The standard InChI is InChI=1S/C23H27N3O3S/c1-5-13-26-21-12-11-20(30(28,29)25(3)4)14-19(21)15-22(26)23(27)24-16-17(2)18-9-7-6-8-10-18/h5-12,14-15,17H,1,13,16H2,2-4H3,(H,24,27)/t17-/m0/s1. The molecule has 0 aliphatic carbocycles.